The predicted octanol–water partition coefficient (Wildman–Crippen LogP) is 3.28. The van der Waals surface area contributed by atoms with Crippen LogP contribution in [-0.2, 0) is 0 Å². The van der Waals surface area contributed by atoms with Gasteiger partial charge >= 0.3 is 0 Å². The van der Waals surface area contributed by atoms with Crippen LogP contribution in [0.5, 0.6) is 0 Å². The van der Waals surface area contributed by atoms with E-state index in [2.05, 4.69) is 26.0 Å². The molecule has 0 aliphatic carbocycles. The maximum atomic E-state index is 5.68. The second-order valence-electron chi connectivity index (χ2n) is 4.10. The van der Waals surface area contributed by atoms with E-state index < -0.39 is 0 Å². The van der Waals surface area contributed by atoms with Gasteiger partial charge in [-0.15, -0.1) is 0 Å². The van der Waals surface area contributed by atoms with E-state index in [4.69, 9.17) is 5.73 Å². The van der Waals surface area contributed by atoms with Crippen LogP contribution in [0.1, 0.15) is 0 Å². The van der Waals surface area contributed by atoms with Crippen LogP contribution in [0, 0.1) is 0 Å². The third kappa shape index (κ3) is 2.37. The molecule has 0 amide bonds. The second-order valence-corrected chi connectivity index (χ2v) is 4.96. The number of nitrogen functional groups attached to an aromatic ring is 1. The van der Waals surface area contributed by atoms with Crippen molar-refractivity contribution in [3.05, 3.63) is 59.5 Å². The molecule has 2 heterocycles. The van der Waals surface area contributed by atoms with Gasteiger partial charge in [0.05, 0.1) is 10.7 Å². The molecule has 0 saturated carbocycles. The molecule has 0 saturated heterocycles. The Morgan fingerprint density at radius 1 is 1.05 bits per heavy atom. The first-order chi connectivity index (χ1) is 9.24. The van der Waals surface area contributed by atoms with E-state index in [9.17, 15) is 0 Å². The lowest BCUT2D eigenvalue weighted by molar-refractivity contribution is 0.842. The van der Waals surface area contributed by atoms with Crippen molar-refractivity contribution in [1.29, 1.82) is 0 Å². The maximum Gasteiger partial charge on any atom is 0.167 e. The molecule has 0 aliphatic heterocycles. The molecule has 2 aromatic heterocycles. The van der Waals surface area contributed by atoms with E-state index >= 15 is 0 Å². The lowest BCUT2D eigenvalue weighted by Crippen LogP contribution is -1.97. The van der Waals surface area contributed by atoms with E-state index in [1.54, 1.807) is 10.9 Å². The van der Waals surface area contributed by atoms with Gasteiger partial charge in [-0.05, 0) is 45.8 Å². The largest absolute Gasteiger partial charge is 0.399 e. The van der Waals surface area contributed by atoms with Gasteiger partial charge in [-0.2, -0.15) is 5.10 Å². The summed E-state index contributed by atoms with van der Waals surface area (Å²) in [5.41, 5.74) is 8.54. The maximum absolute atomic E-state index is 5.68. The van der Waals surface area contributed by atoms with Gasteiger partial charge in [0.2, 0.25) is 0 Å². The Morgan fingerprint density at radius 3 is 2.58 bits per heavy atom. The Labute approximate surface area is 119 Å². The number of aromatic nitrogens is 3. The molecule has 0 bridgehead atoms. The van der Waals surface area contributed by atoms with E-state index in [1.807, 2.05) is 48.8 Å². The molecular formula is C14H11BrN4. The first-order valence-electron chi connectivity index (χ1n) is 5.75. The molecule has 5 heteroatoms. The van der Waals surface area contributed by atoms with Crippen LogP contribution in [0.25, 0.3) is 16.9 Å². The number of nitrogens with zero attached hydrogens (tertiary/aromatic N) is 3. The summed E-state index contributed by atoms with van der Waals surface area (Å²) in [6.07, 6.45) is 5.50. The van der Waals surface area contributed by atoms with E-state index in [-0.39, 0.29) is 0 Å². The van der Waals surface area contributed by atoms with Crippen molar-refractivity contribution in [2.75, 3.05) is 5.73 Å². The van der Waals surface area contributed by atoms with Crippen molar-refractivity contribution < 1.29 is 0 Å². The summed E-state index contributed by atoms with van der Waals surface area (Å²) in [7, 11) is 0. The van der Waals surface area contributed by atoms with Gasteiger partial charge in [0.25, 0.3) is 0 Å². The topological polar surface area (TPSA) is 56.7 Å². The Hall–Kier alpha value is -2.14. The van der Waals surface area contributed by atoms with Crippen molar-refractivity contribution in [3.63, 3.8) is 0 Å². The van der Waals surface area contributed by atoms with Crippen molar-refractivity contribution >= 4 is 21.6 Å². The fourth-order valence-electron chi connectivity index (χ4n) is 1.81. The number of hydrogen-bond donors (Lipinski definition) is 1. The minimum Gasteiger partial charge on any atom is -0.399 e. The van der Waals surface area contributed by atoms with E-state index in [1.165, 1.54) is 0 Å². The summed E-state index contributed by atoms with van der Waals surface area (Å²) in [4.78, 5) is 4.30. The summed E-state index contributed by atoms with van der Waals surface area (Å²) in [6.45, 7) is 0. The molecule has 0 unspecified atom stereocenters. The first-order valence-corrected chi connectivity index (χ1v) is 6.55. The van der Waals surface area contributed by atoms with Gasteiger partial charge in [-0.1, -0.05) is 12.1 Å². The lowest BCUT2D eigenvalue weighted by Gasteiger charge is -2.02. The van der Waals surface area contributed by atoms with Crippen LogP contribution in [0.3, 0.4) is 0 Å². The molecule has 4 nitrogen and oxygen atoms in total. The summed E-state index contributed by atoms with van der Waals surface area (Å²) in [6, 6.07) is 11.5. The number of halogens is 1. The van der Waals surface area contributed by atoms with Crippen LogP contribution in [0.4, 0.5) is 5.69 Å². The lowest BCUT2D eigenvalue weighted by atomic mass is 10.1. The molecular weight excluding hydrogens is 304 g/mol. The number of pyridine rings is 1. The molecule has 1 aromatic carbocycles. The molecule has 0 atom stereocenters. The normalized spacial score (nSPS) is 10.6. The highest BCUT2D eigenvalue weighted by molar-refractivity contribution is 9.10. The fraction of sp³-hybridized carbons (Fsp3) is 0. The number of anilines is 1. The van der Waals surface area contributed by atoms with Gasteiger partial charge in [-0.25, -0.2) is 9.67 Å². The van der Waals surface area contributed by atoms with Gasteiger partial charge in [0, 0.05) is 23.6 Å². The first kappa shape index (κ1) is 11.9. The Morgan fingerprint density at radius 2 is 1.84 bits per heavy atom. The number of rotatable bonds is 2. The van der Waals surface area contributed by atoms with Crippen LogP contribution in [0.2, 0.25) is 0 Å². The summed E-state index contributed by atoms with van der Waals surface area (Å²) in [5.74, 6) is 0.768. The highest BCUT2D eigenvalue weighted by Gasteiger charge is 2.06. The average molecular weight is 315 g/mol. The molecule has 0 aliphatic rings. The highest BCUT2D eigenvalue weighted by Crippen LogP contribution is 2.23. The second kappa shape index (κ2) is 4.85. The molecule has 0 radical (unpaired) electrons. The summed E-state index contributed by atoms with van der Waals surface area (Å²) in [5, 5.41) is 4.34. The van der Waals surface area contributed by atoms with Crippen molar-refractivity contribution in [2.45, 2.75) is 0 Å². The van der Waals surface area contributed by atoms with Gasteiger partial charge in [0.15, 0.2) is 5.82 Å². The van der Waals surface area contributed by atoms with E-state index in [0.29, 0.717) is 0 Å². The third-order valence-electron chi connectivity index (χ3n) is 2.78. The van der Waals surface area contributed by atoms with Gasteiger partial charge in [-0.3, -0.25) is 0 Å². The SMILES string of the molecule is Nc1ccc(-c2cnn(-c3ncccc3Br)c2)cc1. The molecule has 19 heavy (non-hydrogen) atoms. The average Bonchev–Trinajstić information content (AvgIpc) is 2.89. The zero-order valence-electron chi connectivity index (χ0n) is 9.99. The fourth-order valence-corrected chi connectivity index (χ4v) is 2.25. The quantitative estimate of drug-likeness (QED) is 0.738. The Balaban J connectivity index is 2.00. The smallest absolute Gasteiger partial charge is 0.167 e. The molecule has 3 aromatic rings. The molecule has 3 rings (SSSR count). The van der Waals surface area contributed by atoms with Crippen LogP contribution in [-0.4, -0.2) is 14.8 Å². The van der Waals surface area contributed by atoms with Crippen molar-refractivity contribution in [1.82, 2.24) is 14.8 Å². The summed E-state index contributed by atoms with van der Waals surface area (Å²) >= 11 is 3.47. The summed E-state index contributed by atoms with van der Waals surface area (Å²) < 4.78 is 2.65. The third-order valence-corrected chi connectivity index (χ3v) is 3.40. The minimum absolute atomic E-state index is 0.753. The molecule has 0 spiro atoms. The number of nitrogens with two attached hydrogens (primary N) is 1. The zero-order valence-corrected chi connectivity index (χ0v) is 11.6. The Bertz CT molecular complexity index is 703. The van der Waals surface area contributed by atoms with Gasteiger partial charge < -0.3 is 5.73 Å². The minimum atomic E-state index is 0.753. The standard InChI is InChI=1S/C14H11BrN4/c15-13-2-1-7-17-14(13)19-9-11(8-18-19)10-3-5-12(16)6-4-10/h1-9H,16H2. The Kier molecular flexibility index (Phi) is 3.05. The van der Waals surface area contributed by atoms with E-state index in [0.717, 1.165) is 27.1 Å². The predicted molar refractivity (Wildman–Crippen MR) is 78.9 cm³/mol. The van der Waals surface area contributed by atoms with Crippen molar-refractivity contribution in [3.8, 4) is 16.9 Å². The monoisotopic (exact) mass is 314 g/mol. The van der Waals surface area contributed by atoms with Crippen LogP contribution < -0.4 is 5.73 Å². The van der Waals surface area contributed by atoms with Gasteiger partial charge in [0.1, 0.15) is 0 Å². The van der Waals surface area contributed by atoms with Crippen LogP contribution in [0.15, 0.2) is 59.5 Å². The molecule has 2 N–H and O–H groups in total. The molecule has 94 valence electrons. The highest BCUT2D eigenvalue weighted by atomic mass is 79.9. The molecule has 0 fully saturated rings. The number of hydrogen-bond acceptors (Lipinski definition) is 3. The number of benzene rings is 1. The zero-order chi connectivity index (χ0) is 13.2. The van der Waals surface area contributed by atoms with Crippen molar-refractivity contribution in [2.24, 2.45) is 0 Å². The van der Waals surface area contributed by atoms with Crippen LogP contribution >= 0.6 is 15.9 Å².